The van der Waals surface area contributed by atoms with Crippen molar-refractivity contribution in [3.63, 3.8) is 0 Å². The van der Waals surface area contributed by atoms with E-state index in [0.717, 1.165) is 34.0 Å². The maximum atomic E-state index is 11.9. The van der Waals surface area contributed by atoms with E-state index in [4.69, 9.17) is 26.3 Å². The molecule has 0 radical (unpaired) electrons. The summed E-state index contributed by atoms with van der Waals surface area (Å²) in [5.74, 6) is -1.17. The molecule has 390 valence electrons. The second kappa shape index (κ2) is 21.5. The van der Waals surface area contributed by atoms with E-state index in [-0.39, 0.29) is 29.3 Å². The lowest BCUT2D eigenvalue weighted by Gasteiger charge is -2.13. The van der Waals surface area contributed by atoms with E-state index < -0.39 is 88.3 Å². The SMILES string of the molecule is C.Cc1ccc(-c2ccc(N)c(C)c2)cc1C.Cc1ccc(-c2ccc(N=Nc3ccc4c(S(=O)(=O)O)cc(S(=O)(=O)O)c(N)c4c3O)c(C)c2)cc1C.Nc1c(S(=O)(=O)O)cc(S(=O)(=O)O)c2cccc(O)c12. The van der Waals surface area contributed by atoms with Crippen LogP contribution in [0.25, 0.3) is 43.8 Å². The number of nitrogens with zero attached hydrogens (tertiary/aromatic N) is 2. The number of fused-ring (bicyclic) bond motifs is 2. The summed E-state index contributed by atoms with van der Waals surface area (Å²) in [6.07, 6.45) is 0. The molecule has 0 spiro atoms. The van der Waals surface area contributed by atoms with Crippen LogP contribution in [0.15, 0.2) is 145 Å². The van der Waals surface area contributed by atoms with Crippen molar-refractivity contribution in [3.8, 4) is 33.8 Å². The van der Waals surface area contributed by atoms with Crippen LogP contribution in [0, 0.1) is 41.5 Å². The number of hydrogen-bond donors (Lipinski definition) is 9. The van der Waals surface area contributed by atoms with E-state index >= 15 is 0 Å². The number of phenolic OH excluding ortho intramolecular Hbond substituents is 2. The summed E-state index contributed by atoms with van der Waals surface area (Å²) in [5, 5.41) is 27.6. The minimum Gasteiger partial charge on any atom is -0.507 e. The average molecular weight is 1090 g/mol. The smallest absolute Gasteiger partial charge is 0.296 e. The minimum atomic E-state index is -5.00. The number of anilines is 3. The monoisotopic (exact) mass is 1090 g/mol. The van der Waals surface area contributed by atoms with Crippen LogP contribution >= 0.6 is 0 Å². The van der Waals surface area contributed by atoms with Crippen molar-refractivity contribution < 1.29 is 62.1 Å². The molecule has 0 atom stereocenters. The summed E-state index contributed by atoms with van der Waals surface area (Å²) in [4.78, 5) is -3.56. The number of aryl methyl sites for hydroxylation is 6. The van der Waals surface area contributed by atoms with Gasteiger partial charge in [-0.2, -0.15) is 38.8 Å². The Labute approximate surface area is 428 Å². The molecule has 0 fully saturated rings. The Balaban J connectivity index is 0.000000229. The Hall–Kier alpha value is -7.48. The van der Waals surface area contributed by atoms with Gasteiger partial charge >= 0.3 is 0 Å². The fraction of sp³-hybridized carbons (Fsp3) is 0.137. The molecule has 8 rings (SSSR count). The molecule has 8 aromatic carbocycles. The van der Waals surface area contributed by atoms with Gasteiger partial charge < -0.3 is 27.4 Å². The maximum Gasteiger partial charge on any atom is 0.296 e. The van der Waals surface area contributed by atoms with Crippen LogP contribution in [-0.4, -0.2) is 62.1 Å². The predicted octanol–water partition coefficient (Wildman–Crippen LogP) is 10.7. The molecule has 74 heavy (non-hydrogen) atoms. The Kier molecular flexibility index (Phi) is 16.7. The van der Waals surface area contributed by atoms with Gasteiger partial charge in [0.2, 0.25) is 0 Å². The van der Waals surface area contributed by atoms with Crippen LogP contribution in [0.3, 0.4) is 0 Å². The highest BCUT2D eigenvalue weighted by Crippen LogP contribution is 2.44. The molecule has 0 saturated carbocycles. The molecule has 0 bridgehead atoms. The van der Waals surface area contributed by atoms with Gasteiger partial charge in [-0.15, -0.1) is 5.11 Å². The molecule has 0 aliphatic rings. The van der Waals surface area contributed by atoms with Gasteiger partial charge in [0, 0.05) is 21.8 Å². The van der Waals surface area contributed by atoms with Gasteiger partial charge in [-0.05, 0) is 146 Å². The molecule has 0 saturated heterocycles. The Morgan fingerprint density at radius 1 is 0.392 bits per heavy atom. The third-order valence-electron chi connectivity index (χ3n) is 11.8. The van der Waals surface area contributed by atoms with Crippen LogP contribution in [0.2, 0.25) is 0 Å². The summed E-state index contributed by atoms with van der Waals surface area (Å²) in [5.41, 5.74) is 28.7. The van der Waals surface area contributed by atoms with Gasteiger partial charge in [-0.3, -0.25) is 18.2 Å². The molecule has 0 aliphatic heterocycles. The standard InChI is InChI=1S/C25H23N3O7S2.C15H17N.C10H9NO7S2.CH4/c1-13-4-5-16(10-14(13)2)17-6-8-19(15(3)11-17)27-28-20-9-7-18-21(36(30,31)32)12-22(37(33,34)35)24(26)23(18)25(20)29;1-10-4-5-13(8-11(10)2)14-6-7-15(16)12(3)9-14;11-10-8(20(16,17)18)4-7(19(13,14)15)5-2-1-3-6(12)9(5)10;/h4-12,29H,26H2,1-3H3,(H,30,31,32)(H,33,34,35);4-9H,16H2,1-3H3;1-4,12H,11H2,(H,13,14,15)(H,16,17,18);1H4. The number of aromatic hydroxyl groups is 2. The fourth-order valence-corrected chi connectivity index (χ4v) is 10.4. The average Bonchev–Trinajstić information content (AvgIpc) is 3.28. The first-order chi connectivity index (χ1) is 33.8. The van der Waals surface area contributed by atoms with Crippen LogP contribution in [0.4, 0.5) is 28.4 Å². The number of benzene rings is 8. The molecule has 0 amide bonds. The summed E-state index contributed by atoms with van der Waals surface area (Å²) < 4.78 is 130. The third-order valence-corrected chi connectivity index (χ3v) is 15.4. The van der Waals surface area contributed by atoms with E-state index in [0.29, 0.717) is 17.8 Å². The van der Waals surface area contributed by atoms with Gasteiger partial charge in [0.25, 0.3) is 40.5 Å². The first kappa shape index (κ1) is 57.4. The molecule has 0 aromatic heterocycles. The van der Waals surface area contributed by atoms with Crippen LogP contribution in [-0.2, 0) is 40.5 Å². The highest BCUT2D eigenvalue weighted by molar-refractivity contribution is 7.87. The minimum absolute atomic E-state index is 0. The molecule has 0 aliphatic carbocycles. The molecule has 0 heterocycles. The van der Waals surface area contributed by atoms with Gasteiger partial charge in [0.15, 0.2) is 5.75 Å². The van der Waals surface area contributed by atoms with Gasteiger partial charge in [-0.25, -0.2) is 0 Å². The molecule has 23 heteroatoms. The molecule has 19 nitrogen and oxygen atoms in total. The topological polar surface area (TPSA) is 361 Å². The lowest BCUT2D eigenvalue weighted by Crippen LogP contribution is -2.08. The summed E-state index contributed by atoms with van der Waals surface area (Å²) in [6.45, 7) is 12.2. The summed E-state index contributed by atoms with van der Waals surface area (Å²) >= 11 is 0. The van der Waals surface area contributed by atoms with Crippen molar-refractivity contribution in [2.45, 2.75) is 68.6 Å². The highest BCUT2D eigenvalue weighted by Gasteiger charge is 2.28. The fourth-order valence-electron chi connectivity index (χ4n) is 7.57. The predicted molar refractivity (Wildman–Crippen MR) is 287 cm³/mol. The number of phenols is 2. The van der Waals surface area contributed by atoms with Gasteiger partial charge in [0.1, 0.15) is 31.0 Å². The lowest BCUT2D eigenvalue weighted by atomic mass is 9.99. The van der Waals surface area contributed by atoms with Crippen molar-refractivity contribution >= 4 is 90.5 Å². The second-order valence-electron chi connectivity index (χ2n) is 16.9. The van der Waals surface area contributed by atoms with Crippen molar-refractivity contribution in [2.24, 2.45) is 10.2 Å². The number of hydrogen-bond acceptors (Lipinski definition) is 15. The molecular weight excluding hydrogens is 1030 g/mol. The Morgan fingerprint density at radius 2 is 0.770 bits per heavy atom. The van der Waals surface area contributed by atoms with Crippen molar-refractivity contribution in [3.05, 3.63) is 149 Å². The van der Waals surface area contributed by atoms with Gasteiger partial charge in [0.05, 0.1) is 22.4 Å². The quantitative estimate of drug-likeness (QED) is 0.0388. The molecule has 8 aromatic rings. The highest BCUT2D eigenvalue weighted by atomic mass is 32.2. The Bertz CT molecular complexity index is 4000. The third kappa shape index (κ3) is 12.5. The zero-order valence-corrected chi connectivity index (χ0v) is 42.9. The number of nitrogen functional groups attached to an aromatic ring is 3. The maximum absolute atomic E-state index is 11.9. The number of azo groups is 1. The number of rotatable bonds is 8. The normalized spacial score (nSPS) is 11.9. The first-order valence-electron chi connectivity index (χ1n) is 21.4. The van der Waals surface area contributed by atoms with E-state index in [2.05, 4.69) is 60.5 Å². The second-order valence-corrected chi connectivity index (χ2v) is 22.5. The summed E-state index contributed by atoms with van der Waals surface area (Å²) in [6, 6.07) is 31.6. The zero-order chi connectivity index (χ0) is 54.3. The largest absolute Gasteiger partial charge is 0.507 e. The van der Waals surface area contributed by atoms with Crippen LogP contribution < -0.4 is 17.2 Å². The van der Waals surface area contributed by atoms with Gasteiger partial charge in [-0.1, -0.05) is 74.2 Å². The first-order valence-corrected chi connectivity index (χ1v) is 27.1. The van der Waals surface area contributed by atoms with Crippen molar-refractivity contribution in [1.82, 2.24) is 0 Å². The van der Waals surface area contributed by atoms with E-state index in [1.54, 1.807) is 6.07 Å². The van der Waals surface area contributed by atoms with E-state index in [1.807, 2.05) is 58.0 Å². The molecule has 12 N–H and O–H groups in total. The van der Waals surface area contributed by atoms with Crippen LogP contribution in [0.1, 0.15) is 40.8 Å². The van der Waals surface area contributed by atoms with E-state index in [9.17, 15) is 53.0 Å². The molecule has 0 unspecified atom stereocenters. The lowest BCUT2D eigenvalue weighted by molar-refractivity contribution is 0.476. The van der Waals surface area contributed by atoms with Crippen molar-refractivity contribution in [1.29, 1.82) is 0 Å². The van der Waals surface area contributed by atoms with E-state index in [1.165, 1.54) is 57.6 Å². The van der Waals surface area contributed by atoms with Crippen molar-refractivity contribution in [2.75, 3.05) is 17.2 Å². The number of nitrogens with two attached hydrogens (primary N) is 3. The van der Waals surface area contributed by atoms with Crippen LogP contribution in [0.5, 0.6) is 11.5 Å². The Morgan fingerprint density at radius 3 is 1.20 bits per heavy atom. The summed E-state index contributed by atoms with van der Waals surface area (Å²) in [7, 11) is -19.6. The zero-order valence-electron chi connectivity index (χ0n) is 39.7. The molecular formula is C51H53N5O14S4.